The van der Waals surface area contributed by atoms with Crippen LogP contribution in [0.25, 0.3) is 0 Å². The van der Waals surface area contributed by atoms with E-state index in [1.165, 1.54) is 0 Å². The molecule has 0 aromatic carbocycles. The molecule has 0 N–H and O–H groups in total. The molecule has 1 aromatic heterocycles. The Morgan fingerprint density at radius 2 is 1.94 bits per heavy atom. The van der Waals surface area contributed by atoms with E-state index in [-0.39, 0.29) is 23.9 Å². The molecule has 1 heterocycles. The van der Waals surface area contributed by atoms with Gasteiger partial charge in [0.2, 0.25) is 0 Å². The number of carbonyl (C=O) groups excluding carboxylic acids is 2. The van der Waals surface area contributed by atoms with Crippen molar-refractivity contribution in [3.05, 3.63) is 18.2 Å². The van der Waals surface area contributed by atoms with Gasteiger partial charge in [0.15, 0.2) is 0 Å². The zero-order valence-electron chi connectivity index (χ0n) is 9.64. The van der Waals surface area contributed by atoms with Crippen LogP contribution in [0.1, 0.15) is 50.8 Å². The summed E-state index contributed by atoms with van der Waals surface area (Å²) >= 11 is 0. The van der Waals surface area contributed by atoms with Crippen LogP contribution in [0.5, 0.6) is 0 Å². The molecule has 16 heavy (non-hydrogen) atoms. The Balaban J connectivity index is 2.26. The highest BCUT2D eigenvalue weighted by atomic mass is 16.1. The molecule has 1 aliphatic rings. The molecule has 4 heteroatoms. The molecule has 1 saturated carbocycles. The zero-order chi connectivity index (χ0) is 11.7. The van der Waals surface area contributed by atoms with E-state index in [2.05, 4.69) is 18.8 Å². The summed E-state index contributed by atoms with van der Waals surface area (Å²) < 4.78 is 2.04. The topological polar surface area (TPSA) is 52.0 Å². The van der Waals surface area contributed by atoms with Gasteiger partial charge in [-0.05, 0) is 13.8 Å². The normalized spacial score (nSPS) is 18.4. The second-order valence-electron chi connectivity index (χ2n) is 4.68. The van der Waals surface area contributed by atoms with Crippen molar-refractivity contribution in [3.8, 4) is 0 Å². The fourth-order valence-corrected chi connectivity index (χ4v) is 2.26. The van der Waals surface area contributed by atoms with Crippen LogP contribution in [0.3, 0.4) is 0 Å². The van der Waals surface area contributed by atoms with Gasteiger partial charge in [-0.3, -0.25) is 9.59 Å². The summed E-state index contributed by atoms with van der Waals surface area (Å²) in [4.78, 5) is 26.9. The number of imidazole rings is 1. The Bertz CT molecular complexity index is 404. The fraction of sp³-hybridized carbons (Fsp3) is 0.583. The van der Waals surface area contributed by atoms with Crippen molar-refractivity contribution in [3.63, 3.8) is 0 Å². The highest BCUT2D eigenvalue weighted by molar-refractivity contribution is 6.02. The molecule has 4 nitrogen and oxygen atoms in total. The third kappa shape index (κ3) is 2.05. The summed E-state index contributed by atoms with van der Waals surface area (Å²) in [5, 5.41) is 0. The number of rotatable bonds is 2. The largest absolute Gasteiger partial charge is 0.332 e. The van der Waals surface area contributed by atoms with Gasteiger partial charge in [-0.1, -0.05) is 0 Å². The van der Waals surface area contributed by atoms with Crippen molar-refractivity contribution in [1.82, 2.24) is 9.55 Å². The van der Waals surface area contributed by atoms with Gasteiger partial charge in [-0.2, -0.15) is 0 Å². The first-order valence-electron chi connectivity index (χ1n) is 5.63. The lowest BCUT2D eigenvalue weighted by molar-refractivity contribution is -0.130. The van der Waals surface area contributed by atoms with Gasteiger partial charge < -0.3 is 4.57 Å². The lowest BCUT2D eigenvalue weighted by Crippen LogP contribution is -2.23. The summed E-state index contributed by atoms with van der Waals surface area (Å²) in [5.74, 6) is 0.133. The standard InChI is InChI=1S/C12H16N2O2/c1-8(2)14-7-13-6-12(14)9-3-10(15)5-11(16)4-9/h6-9H,3-5H2,1-2H3. The van der Waals surface area contributed by atoms with Gasteiger partial charge in [-0.15, -0.1) is 0 Å². The maximum Gasteiger partial charge on any atom is 0.140 e. The summed E-state index contributed by atoms with van der Waals surface area (Å²) in [6, 6.07) is 0.310. The number of hydrogen-bond acceptors (Lipinski definition) is 3. The predicted octanol–water partition coefficient (Wildman–Crippen LogP) is 1.87. The van der Waals surface area contributed by atoms with E-state index in [1.54, 1.807) is 12.5 Å². The summed E-state index contributed by atoms with van der Waals surface area (Å²) in [7, 11) is 0. The van der Waals surface area contributed by atoms with Crippen molar-refractivity contribution in [1.29, 1.82) is 0 Å². The van der Waals surface area contributed by atoms with Crippen LogP contribution in [0, 0.1) is 0 Å². The van der Waals surface area contributed by atoms with E-state index >= 15 is 0 Å². The zero-order valence-corrected chi connectivity index (χ0v) is 9.64. The van der Waals surface area contributed by atoms with Gasteiger partial charge in [-0.25, -0.2) is 4.98 Å². The number of ketones is 2. The van der Waals surface area contributed by atoms with Crippen LogP contribution in [0.15, 0.2) is 12.5 Å². The van der Waals surface area contributed by atoms with Gasteiger partial charge >= 0.3 is 0 Å². The van der Waals surface area contributed by atoms with Crippen LogP contribution >= 0.6 is 0 Å². The molecule has 1 fully saturated rings. The minimum absolute atomic E-state index is 0.0265. The molecule has 0 radical (unpaired) electrons. The minimum atomic E-state index is 0.0265. The molecule has 1 aromatic rings. The van der Waals surface area contributed by atoms with Crippen molar-refractivity contribution >= 4 is 11.6 Å². The number of carbonyl (C=O) groups is 2. The number of nitrogens with zero attached hydrogens (tertiary/aromatic N) is 2. The predicted molar refractivity (Wildman–Crippen MR) is 59.2 cm³/mol. The van der Waals surface area contributed by atoms with Gasteiger partial charge in [0, 0.05) is 36.7 Å². The molecule has 0 aliphatic heterocycles. The van der Waals surface area contributed by atoms with E-state index in [9.17, 15) is 9.59 Å². The monoisotopic (exact) mass is 220 g/mol. The Hall–Kier alpha value is -1.45. The first kappa shape index (κ1) is 11.0. The van der Waals surface area contributed by atoms with E-state index < -0.39 is 0 Å². The number of Topliss-reactive ketones (excluding diaryl/α,β-unsaturated/α-hetero) is 2. The Labute approximate surface area is 94.7 Å². The van der Waals surface area contributed by atoms with Crippen molar-refractivity contribution in [2.24, 2.45) is 0 Å². The Morgan fingerprint density at radius 1 is 1.31 bits per heavy atom. The minimum Gasteiger partial charge on any atom is -0.332 e. The maximum absolute atomic E-state index is 11.4. The lowest BCUT2D eigenvalue weighted by Gasteiger charge is -2.22. The van der Waals surface area contributed by atoms with Crippen LogP contribution in [-0.4, -0.2) is 21.1 Å². The van der Waals surface area contributed by atoms with E-state index in [1.807, 2.05) is 4.57 Å². The first-order valence-corrected chi connectivity index (χ1v) is 5.63. The second kappa shape index (κ2) is 4.20. The molecular weight excluding hydrogens is 204 g/mol. The average Bonchev–Trinajstić information content (AvgIpc) is 2.63. The van der Waals surface area contributed by atoms with Crippen molar-refractivity contribution in [2.45, 2.75) is 45.1 Å². The summed E-state index contributed by atoms with van der Waals surface area (Å²) in [6.07, 6.45) is 4.61. The molecule has 0 atom stereocenters. The van der Waals surface area contributed by atoms with Crippen LogP contribution in [0.2, 0.25) is 0 Å². The Kier molecular flexibility index (Phi) is 2.90. The maximum atomic E-state index is 11.4. The van der Waals surface area contributed by atoms with Crippen LogP contribution in [-0.2, 0) is 9.59 Å². The highest BCUT2D eigenvalue weighted by Crippen LogP contribution is 2.30. The molecule has 1 aliphatic carbocycles. The third-order valence-corrected chi connectivity index (χ3v) is 3.01. The average molecular weight is 220 g/mol. The lowest BCUT2D eigenvalue weighted by atomic mass is 9.85. The molecule has 0 spiro atoms. The van der Waals surface area contributed by atoms with E-state index in [0.717, 1.165) is 5.69 Å². The van der Waals surface area contributed by atoms with Crippen molar-refractivity contribution in [2.75, 3.05) is 0 Å². The van der Waals surface area contributed by atoms with Gasteiger partial charge in [0.1, 0.15) is 11.6 Å². The van der Waals surface area contributed by atoms with Crippen LogP contribution < -0.4 is 0 Å². The first-order chi connectivity index (χ1) is 7.58. The van der Waals surface area contributed by atoms with E-state index in [0.29, 0.717) is 18.9 Å². The van der Waals surface area contributed by atoms with Gasteiger partial charge in [0.25, 0.3) is 0 Å². The summed E-state index contributed by atoms with van der Waals surface area (Å²) in [6.45, 7) is 4.13. The highest BCUT2D eigenvalue weighted by Gasteiger charge is 2.28. The molecule has 0 unspecified atom stereocenters. The van der Waals surface area contributed by atoms with Crippen molar-refractivity contribution < 1.29 is 9.59 Å². The molecular formula is C12H16N2O2. The van der Waals surface area contributed by atoms with Crippen LogP contribution in [0.4, 0.5) is 0 Å². The second-order valence-corrected chi connectivity index (χ2v) is 4.68. The third-order valence-electron chi connectivity index (χ3n) is 3.01. The van der Waals surface area contributed by atoms with Gasteiger partial charge in [0.05, 0.1) is 12.7 Å². The SMILES string of the molecule is CC(C)n1cncc1C1CC(=O)CC(=O)C1. The quantitative estimate of drug-likeness (QED) is 0.715. The molecule has 2 rings (SSSR count). The molecule has 0 bridgehead atoms. The molecule has 86 valence electrons. The molecule has 0 amide bonds. The Morgan fingerprint density at radius 3 is 2.50 bits per heavy atom. The molecule has 0 saturated heterocycles. The number of hydrogen-bond donors (Lipinski definition) is 0. The number of aromatic nitrogens is 2. The summed E-state index contributed by atoms with van der Waals surface area (Å²) in [5.41, 5.74) is 1.01. The smallest absolute Gasteiger partial charge is 0.140 e. The fourth-order valence-electron chi connectivity index (χ4n) is 2.26. The van der Waals surface area contributed by atoms with E-state index in [4.69, 9.17) is 0 Å².